The van der Waals surface area contributed by atoms with Gasteiger partial charge in [-0.2, -0.15) is 0 Å². The highest BCUT2D eigenvalue weighted by Gasteiger charge is 2.18. The van der Waals surface area contributed by atoms with Gasteiger partial charge in [-0.15, -0.1) is 11.3 Å². The van der Waals surface area contributed by atoms with E-state index in [-0.39, 0.29) is 12.5 Å². The van der Waals surface area contributed by atoms with E-state index in [1.165, 1.54) is 0 Å². The monoisotopic (exact) mass is 399 g/mol. The van der Waals surface area contributed by atoms with E-state index < -0.39 is 5.97 Å². The first-order chi connectivity index (χ1) is 13.1. The third kappa shape index (κ3) is 5.67. The molecule has 27 heavy (non-hydrogen) atoms. The number of halogens is 1. The van der Waals surface area contributed by atoms with Crippen molar-refractivity contribution >= 4 is 34.8 Å². The molecule has 0 fully saturated rings. The molecule has 6 heteroatoms. The van der Waals surface area contributed by atoms with E-state index in [2.05, 4.69) is 0 Å². The van der Waals surface area contributed by atoms with Gasteiger partial charge in [-0.25, -0.2) is 4.79 Å². The topological polar surface area (TPSA) is 46.6 Å². The maximum absolute atomic E-state index is 12.7. The predicted octanol–water partition coefficient (Wildman–Crippen LogP) is 4.79. The molecular formula is C21H18ClNO3S. The van der Waals surface area contributed by atoms with Gasteiger partial charge in [-0.1, -0.05) is 72.3 Å². The average molecular weight is 400 g/mol. The largest absolute Gasteiger partial charge is 0.451 e. The molecule has 2 aromatic carbocycles. The molecule has 0 saturated heterocycles. The summed E-state index contributed by atoms with van der Waals surface area (Å²) >= 11 is 6.96. The minimum Gasteiger partial charge on any atom is -0.451 e. The van der Waals surface area contributed by atoms with E-state index in [0.717, 1.165) is 22.5 Å². The average Bonchev–Trinajstić information content (AvgIpc) is 3.13. The molecule has 0 aliphatic rings. The molecule has 0 unspecified atom stereocenters. The number of nitrogens with zero attached hydrogens (tertiary/aromatic N) is 1. The second-order valence-corrected chi connectivity index (χ2v) is 7.62. The van der Waals surface area contributed by atoms with Crippen LogP contribution in [0.4, 0.5) is 0 Å². The summed E-state index contributed by atoms with van der Waals surface area (Å²) in [5.74, 6) is -0.793. The van der Waals surface area contributed by atoms with Crippen LogP contribution < -0.4 is 0 Å². The van der Waals surface area contributed by atoms with Crippen LogP contribution in [0.5, 0.6) is 0 Å². The number of hydrogen-bond acceptors (Lipinski definition) is 4. The van der Waals surface area contributed by atoms with Crippen LogP contribution in [0.3, 0.4) is 0 Å². The summed E-state index contributed by atoms with van der Waals surface area (Å²) in [4.78, 5) is 26.8. The summed E-state index contributed by atoms with van der Waals surface area (Å²) in [6.45, 7) is 0.571. The van der Waals surface area contributed by atoms with Gasteiger partial charge < -0.3 is 9.64 Å². The van der Waals surface area contributed by atoms with Gasteiger partial charge in [-0.3, -0.25) is 4.79 Å². The van der Waals surface area contributed by atoms with Crippen LogP contribution >= 0.6 is 22.9 Å². The second-order valence-electron chi connectivity index (χ2n) is 5.90. The molecule has 0 aliphatic heterocycles. The molecule has 1 heterocycles. The lowest BCUT2D eigenvalue weighted by molar-refractivity contribution is -0.135. The molecule has 1 aromatic heterocycles. The summed E-state index contributed by atoms with van der Waals surface area (Å²) in [5, 5.41) is 0. The molecule has 4 nitrogen and oxygen atoms in total. The number of rotatable bonds is 7. The van der Waals surface area contributed by atoms with E-state index in [1.54, 1.807) is 17.0 Å². The molecule has 0 saturated carbocycles. The number of amides is 1. The number of carbonyl (C=O) groups is 2. The van der Waals surface area contributed by atoms with Crippen LogP contribution in [-0.4, -0.2) is 23.4 Å². The Bertz CT molecular complexity index is 855. The fraction of sp³-hybridized carbons (Fsp3) is 0.143. The van der Waals surface area contributed by atoms with E-state index in [0.29, 0.717) is 22.3 Å². The number of carbonyl (C=O) groups excluding carboxylic acids is 2. The van der Waals surface area contributed by atoms with Gasteiger partial charge in [0.1, 0.15) is 4.88 Å². The van der Waals surface area contributed by atoms with E-state index in [4.69, 9.17) is 16.3 Å². The molecule has 138 valence electrons. The highest BCUT2D eigenvalue weighted by Crippen LogP contribution is 2.22. The molecule has 0 atom stereocenters. The van der Waals surface area contributed by atoms with Crippen molar-refractivity contribution in [1.29, 1.82) is 0 Å². The Hall–Kier alpha value is -2.63. The summed E-state index contributed by atoms with van der Waals surface area (Å²) in [7, 11) is 0. The normalized spacial score (nSPS) is 10.4. The van der Waals surface area contributed by atoms with Gasteiger partial charge in [0, 0.05) is 13.1 Å². The second kappa shape index (κ2) is 9.35. The number of benzene rings is 2. The van der Waals surface area contributed by atoms with Crippen molar-refractivity contribution in [3.63, 3.8) is 0 Å². The zero-order valence-electron chi connectivity index (χ0n) is 14.5. The Kier molecular flexibility index (Phi) is 6.63. The molecule has 0 aliphatic carbocycles. The van der Waals surface area contributed by atoms with Crippen molar-refractivity contribution in [3.05, 3.63) is 93.1 Å². The van der Waals surface area contributed by atoms with Crippen LogP contribution in [0, 0.1) is 0 Å². The lowest BCUT2D eigenvalue weighted by Gasteiger charge is -2.23. The molecule has 3 aromatic rings. The van der Waals surface area contributed by atoms with Crippen molar-refractivity contribution in [1.82, 2.24) is 4.90 Å². The minimum absolute atomic E-state index is 0.251. The quantitative estimate of drug-likeness (QED) is 0.537. The summed E-state index contributed by atoms with van der Waals surface area (Å²) in [5.41, 5.74) is 2.02. The van der Waals surface area contributed by atoms with Crippen molar-refractivity contribution < 1.29 is 14.3 Å². The summed E-state index contributed by atoms with van der Waals surface area (Å²) < 4.78 is 5.68. The maximum atomic E-state index is 12.7. The lowest BCUT2D eigenvalue weighted by atomic mass is 10.1. The Balaban J connectivity index is 1.67. The van der Waals surface area contributed by atoms with Crippen LogP contribution in [0.2, 0.25) is 4.34 Å². The lowest BCUT2D eigenvalue weighted by Crippen LogP contribution is -2.33. The Labute approximate surface area is 167 Å². The van der Waals surface area contributed by atoms with Gasteiger partial charge in [0.05, 0.1) is 4.34 Å². The highest BCUT2D eigenvalue weighted by molar-refractivity contribution is 7.17. The number of ether oxygens (including phenoxy) is 1. The standard InChI is InChI=1S/C21H18ClNO3S/c22-19-12-11-18(27-19)21(25)26-15-20(24)23(13-16-7-3-1-4-8-16)14-17-9-5-2-6-10-17/h1-12H,13-15H2. The van der Waals surface area contributed by atoms with E-state index in [1.807, 2.05) is 60.7 Å². The zero-order valence-corrected chi connectivity index (χ0v) is 16.1. The first kappa shape index (κ1) is 19.1. The van der Waals surface area contributed by atoms with Gasteiger partial charge in [-0.05, 0) is 23.3 Å². The van der Waals surface area contributed by atoms with Gasteiger partial charge in [0.2, 0.25) is 0 Å². The zero-order chi connectivity index (χ0) is 19.1. The summed E-state index contributed by atoms with van der Waals surface area (Å²) in [6.07, 6.45) is 0. The Morgan fingerprint density at radius 3 is 1.89 bits per heavy atom. The van der Waals surface area contributed by atoms with Crippen molar-refractivity contribution in [2.45, 2.75) is 13.1 Å². The fourth-order valence-corrected chi connectivity index (χ4v) is 3.49. The Morgan fingerprint density at radius 2 is 1.41 bits per heavy atom. The van der Waals surface area contributed by atoms with Gasteiger partial charge >= 0.3 is 5.97 Å². The predicted molar refractivity (Wildman–Crippen MR) is 107 cm³/mol. The van der Waals surface area contributed by atoms with E-state index in [9.17, 15) is 9.59 Å². The van der Waals surface area contributed by atoms with Crippen molar-refractivity contribution in [2.24, 2.45) is 0 Å². The first-order valence-electron chi connectivity index (χ1n) is 8.40. The third-order valence-corrected chi connectivity index (χ3v) is 5.10. The Morgan fingerprint density at radius 1 is 0.852 bits per heavy atom. The minimum atomic E-state index is -0.542. The van der Waals surface area contributed by atoms with Gasteiger partial charge in [0.25, 0.3) is 5.91 Å². The number of thiophene rings is 1. The molecule has 1 amide bonds. The van der Waals surface area contributed by atoms with Crippen LogP contribution in [0.25, 0.3) is 0 Å². The van der Waals surface area contributed by atoms with Crippen molar-refractivity contribution in [3.8, 4) is 0 Å². The van der Waals surface area contributed by atoms with Crippen molar-refractivity contribution in [2.75, 3.05) is 6.61 Å². The SMILES string of the molecule is O=C(OCC(=O)N(Cc1ccccc1)Cc1ccccc1)c1ccc(Cl)s1. The summed E-state index contributed by atoms with van der Waals surface area (Å²) in [6, 6.07) is 22.7. The third-order valence-electron chi connectivity index (χ3n) is 3.89. The van der Waals surface area contributed by atoms with Crippen LogP contribution in [-0.2, 0) is 22.6 Å². The number of esters is 1. The molecule has 0 bridgehead atoms. The molecular weight excluding hydrogens is 382 g/mol. The fourth-order valence-electron chi connectivity index (χ4n) is 2.55. The smallest absolute Gasteiger partial charge is 0.348 e. The molecule has 0 N–H and O–H groups in total. The first-order valence-corrected chi connectivity index (χ1v) is 9.59. The number of hydrogen-bond donors (Lipinski definition) is 0. The van der Waals surface area contributed by atoms with E-state index >= 15 is 0 Å². The maximum Gasteiger partial charge on any atom is 0.348 e. The highest BCUT2D eigenvalue weighted by atomic mass is 35.5. The molecule has 3 rings (SSSR count). The van der Waals surface area contributed by atoms with Crippen LogP contribution in [0.15, 0.2) is 72.8 Å². The van der Waals surface area contributed by atoms with Gasteiger partial charge in [0.15, 0.2) is 6.61 Å². The molecule has 0 spiro atoms. The van der Waals surface area contributed by atoms with Crippen LogP contribution in [0.1, 0.15) is 20.8 Å². The molecule has 0 radical (unpaired) electrons.